The van der Waals surface area contributed by atoms with E-state index in [0.717, 1.165) is 4.31 Å². The Morgan fingerprint density at radius 2 is 1.95 bits per heavy atom. The van der Waals surface area contributed by atoms with Crippen LogP contribution in [0, 0.1) is 0 Å². The fraction of sp³-hybridized carbons (Fsp3) is 0.462. The van der Waals surface area contributed by atoms with E-state index in [2.05, 4.69) is 0 Å². The van der Waals surface area contributed by atoms with Gasteiger partial charge in [0, 0.05) is 12.6 Å². The summed E-state index contributed by atoms with van der Waals surface area (Å²) in [4.78, 5) is 11.1. The number of nitrogens with zero attached hydrogens (tertiary/aromatic N) is 1. The Kier molecular flexibility index (Phi) is 3.50. The second-order valence-electron chi connectivity index (χ2n) is 4.90. The summed E-state index contributed by atoms with van der Waals surface area (Å²) in [5, 5.41) is 11.1. The lowest BCUT2D eigenvalue weighted by atomic mass is 10.2. The third-order valence-corrected chi connectivity index (χ3v) is 5.50. The zero-order chi connectivity index (χ0) is 15.0. The van der Waals surface area contributed by atoms with Crippen LogP contribution in [-0.4, -0.2) is 44.5 Å². The SMILES string of the molecule is O=C([O-])[C@@H]1CCCN1S(=O)(=O)c1ccc2c(c1)OCCO2. The molecule has 0 bridgehead atoms. The van der Waals surface area contributed by atoms with Crippen molar-refractivity contribution >= 4 is 16.0 Å². The minimum atomic E-state index is -3.89. The number of carboxylic acids is 1. The summed E-state index contributed by atoms with van der Waals surface area (Å²) < 4.78 is 36.8. The Balaban J connectivity index is 1.96. The molecule has 8 heteroatoms. The molecule has 0 spiro atoms. The average molecular weight is 312 g/mol. The summed E-state index contributed by atoms with van der Waals surface area (Å²) in [6, 6.07) is 3.18. The molecule has 2 aliphatic rings. The highest BCUT2D eigenvalue weighted by Gasteiger charge is 2.36. The van der Waals surface area contributed by atoms with Crippen LogP contribution >= 0.6 is 0 Å². The molecule has 1 atom stereocenters. The van der Waals surface area contributed by atoms with E-state index in [4.69, 9.17) is 9.47 Å². The number of hydrogen-bond acceptors (Lipinski definition) is 6. The van der Waals surface area contributed by atoms with Gasteiger partial charge < -0.3 is 19.4 Å². The van der Waals surface area contributed by atoms with Gasteiger partial charge in [-0.15, -0.1) is 0 Å². The van der Waals surface area contributed by atoms with Crippen molar-refractivity contribution in [2.75, 3.05) is 19.8 Å². The number of aliphatic carboxylic acids is 1. The number of benzene rings is 1. The summed E-state index contributed by atoms with van der Waals surface area (Å²) in [5.41, 5.74) is 0. The molecule has 1 saturated heterocycles. The number of ether oxygens (including phenoxy) is 2. The van der Waals surface area contributed by atoms with Crippen LogP contribution in [-0.2, 0) is 14.8 Å². The average Bonchev–Trinajstić information content (AvgIpc) is 2.97. The molecule has 1 fully saturated rings. The zero-order valence-corrected chi connectivity index (χ0v) is 12.0. The van der Waals surface area contributed by atoms with Crippen LogP contribution in [0.5, 0.6) is 11.5 Å². The maximum Gasteiger partial charge on any atom is 0.243 e. The molecule has 0 unspecified atom stereocenters. The molecule has 7 nitrogen and oxygen atoms in total. The Morgan fingerprint density at radius 1 is 1.24 bits per heavy atom. The van der Waals surface area contributed by atoms with Crippen LogP contribution in [0.2, 0.25) is 0 Å². The lowest BCUT2D eigenvalue weighted by Crippen LogP contribution is -2.46. The van der Waals surface area contributed by atoms with Crippen molar-refractivity contribution in [3.8, 4) is 11.5 Å². The molecule has 2 heterocycles. The molecule has 0 aromatic heterocycles. The molecule has 0 radical (unpaired) electrons. The van der Waals surface area contributed by atoms with Gasteiger partial charge in [0.2, 0.25) is 10.0 Å². The van der Waals surface area contributed by atoms with Crippen LogP contribution in [0.25, 0.3) is 0 Å². The summed E-state index contributed by atoms with van der Waals surface area (Å²) >= 11 is 0. The fourth-order valence-corrected chi connectivity index (χ4v) is 4.25. The molecule has 114 valence electrons. The zero-order valence-electron chi connectivity index (χ0n) is 11.1. The largest absolute Gasteiger partial charge is 0.548 e. The van der Waals surface area contributed by atoms with Gasteiger partial charge in [-0.25, -0.2) is 8.42 Å². The van der Waals surface area contributed by atoms with Crippen molar-refractivity contribution in [3.63, 3.8) is 0 Å². The van der Waals surface area contributed by atoms with Gasteiger partial charge in [-0.3, -0.25) is 0 Å². The molecular formula is C13H14NO6S-. The van der Waals surface area contributed by atoms with Crippen molar-refractivity contribution in [1.82, 2.24) is 4.31 Å². The van der Waals surface area contributed by atoms with E-state index in [1.165, 1.54) is 18.2 Å². The van der Waals surface area contributed by atoms with E-state index in [1.807, 2.05) is 0 Å². The number of hydrogen-bond donors (Lipinski definition) is 0. The Morgan fingerprint density at radius 3 is 2.67 bits per heavy atom. The summed E-state index contributed by atoms with van der Waals surface area (Å²) in [6.45, 7) is 0.940. The standard InChI is InChI=1S/C13H15NO6S/c15-13(16)10-2-1-5-14(10)21(17,18)9-3-4-11-12(8-9)20-7-6-19-11/h3-4,8,10H,1-2,5-7H2,(H,15,16)/p-1/t10-/m0/s1. The van der Waals surface area contributed by atoms with Crippen molar-refractivity contribution < 1.29 is 27.8 Å². The second kappa shape index (κ2) is 5.19. The summed E-state index contributed by atoms with van der Waals surface area (Å²) in [7, 11) is -3.89. The van der Waals surface area contributed by atoms with E-state index in [-0.39, 0.29) is 17.9 Å². The number of carbonyl (C=O) groups excluding carboxylic acids is 1. The van der Waals surface area contributed by atoms with Crippen molar-refractivity contribution in [2.45, 2.75) is 23.8 Å². The van der Waals surface area contributed by atoms with Crippen LogP contribution in [0.3, 0.4) is 0 Å². The summed E-state index contributed by atoms with van der Waals surface area (Å²) in [6.07, 6.45) is 0.772. The first kappa shape index (κ1) is 14.2. The van der Waals surface area contributed by atoms with E-state index in [1.54, 1.807) is 0 Å². The minimum absolute atomic E-state index is 0.0000926. The predicted octanol–water partition coefficient (Wildman–Crippen LogP) is -0.639. The van der Waals surface area contributed by atoms with Gasteiger partial charge in [0.25, 0.3) is 0 Å². The number of fused-ring (bicyclic) bond motifs is 1. The highest BCUT2D eigenvalue weighted by Crippen LogP contribution is 2.34. The van der Waals surface area contributed by atoms with Crippen molar-refractivity contribution in [2.24, 2.45) is 0 Å². The molecule has 1 aromatic rings. The van der Waals surface area contributed by atoms with E-state index in [9.17, 15) is 18.3 Å². The molecule has 3 rings (SSSR count). The molecule has 1 aromatic carbocycles. The van der Waals surface area contributed by atoms with Gasteiger partial charge in [0.05, 0.1) is 16.9 Å². The second-order valence-corrected chi connectivity index (χ2v) is 6.79. The lowest BCUT2D eigenvalue weighted by molar-refractivity contribution is -0.309. The molecule has 21 heavy (non-hydrogen) atoms. The van der Waals surface area contributed by atoms with Crippen LogP contribution in [0.4, 0.5) is 0 Å². The lowest BCUT2D eigenvalue weighted by Gasteiger charge is -2.25. The summed E-state index contributed by atoms with van der Waals surface area (Å²) in [5.74, 6) is -0.529. The Labute approximate surface area is 122 Å². The highest BCUT2D eigenvalue weighted by molar-refractivity contribution is 7.89. The fourth-order valence-electron chi connectivity index (χ4n) is 2.58. The van der Waals surface area contributed by atoms with Gasteiger partial charge in [-0.05, 0) is 25.0 Å². The van der Waals surface area contributed by atoms with Gasteiger partial charge in [0.15, 0.2) is 11.5 Å². The number of rotatable bonds is 3. The monoisotopic (exact) mass is 312 g/mol. The Hall–Kier alpha value is -1.80. The van der Waals surface area contributed by atoms with Crippen LogP contribution in [0.1, 0.15) is 12.8 Å². The molecule has 0 saturated carbocycles. The van der Waals surface area contributed by atoms with Crippen LogP contribution < -0.4 is 14.6 Å². The third-order valence-electron chi connectivity index (χ3n) is 3.60. The first-order valence-electron chi connectivity index (χ1n) is 6.62. The Bertz CT molecular complexity index is 671. The van der Waals surface area contributed by atoms with Crippen molar-refractivity contribution in [1.29, 1.82) is 0 Å². The van der Waals surface area contributed by atoms with Gasteiger partial charge in [0.1, 0.15) is 13.2 Å². The first-order chi connectivity index (χ1) is 10.00. The molecule has 0 amide bonds. The van der Waals surface area contributed by atoms with E-state index >= 15 is 0 Å². The maximum atomic E-state index is 12.6. The van der Waals surface area contributed by atoms with E-state index in [0.29, 0.717) is 31.1 Å². The molecular weight excluding hydrogens is 298 g/mol. The smallest absolute Gasteiger partial charge is 0.243 e. The predicted molar refractivity (Wildman–Crippen MR) is 69.4 cm³/mol. The third kappa shape index (κ3) is 2.44. The molecule has 0 N–H and O–H groups in total. The number of carboxylic acid groups (broad SMARTS) is 1. The number of carbonyl (C=O) groups is 1. The maximum absolute atomic E-state index is 12.6. The van der Waals surface area contributed by atoms with Crippen molar-refractivity contribution in [3.05, 3.63) is 18.2 Å². The van der Waals surface area contributed by atoms with E-state index < -0.39 is 22.0 Å². The molecule has 0 aliphatic carbocycles. The van der Waals surface area contributed by atoms with Gasteiger partial charge in [-0.2, -0.15) is 4.31 Å². The normalized spacial score (nSPS) is 22.2. The van der Waals surface area contributed by atoms with Crippen LogP contribution in [0.15, 0.2) is 23.1 Å². The topological polar surface area (TPSA) is 96.0 Å². The minimum Gasteiger partial charge on any atom is -0.548 e. The van der Waals surface area contributed by atoms with Gasteiger partial charge in [-0.1, -0.05) is 0 Å². The van der Waals surface area contributed by atoms with Gasteiger partial charge >= 0.3 is 0 Å². The molecule has 2 aliphatic heterocycles. The first-order valence-corrected chi connectivity index (χ1v) is 8.06. The quantitative estimate of drug-likeness (QED) is 0.737. The highest BCUT2D eigenvalue weighted by atomic mass is 32.2. The number of sulfonamides is 1.